The second-order valence-corrected chi connectivity index (χ2v) is 5.50. The number of nitrogens with zero attached hydrogens (tertiary/aromatic N) is 3. The van der Waals surface area contributed by atoms with Crippen molar-refractivity contribution in [3.63, 3.8) is 0 Å². The van der Waals surface area contributed by atoms with Crippen molar-refractivity contribution in [1.29, 1.82) is 0 Å². The highest BCUT2D eigenvalue weighted by atomic mass is 16.6. The number of amides is 1. The van der Waals surface area contributed by atoms with Crippen LogP contribution in [-0.4, -0.2) is 50.7 Å². The Kier molecular flexibility index (Phi) is 4.56. The van der Waals surface area contributed by atoms with Gasteiger partial charge in [-0.3, -0.25) is 20.0 Å². The number of aromatic nitrogens is 2. The SMILES string of the molecule is CCCc1[nH]nc(C(=O)N(C)CC(O)C2CC2)c1[N+](=O)[O-]. The van der Waals surface area contributed by atoms with Gasteiger partial charge in [-0.05, 0) is 25.2 Å². The number of aliphatic hydroxyl groups is 1. The molecule has 1 aromatic heterocycles. The third-order valence-corrected chi connectivity index (χ3v) is 3.67. The highest BCUT2D eigenvalue weighted by Gasteiger charge is 2.34. The van der Waals surface area contributed by atoms with Gasteiger partial charge in [0.25, 0.3) is 5.91 Å². The zero-order valence-electron chi connectivity index (χ0n) is 12.2. The Balaban J connectivity index is 2.15. The fraction of sp³-hybridized carbons (Fsp3) is 0.692. The number of hydrogen-bond donors (Lipinski definition) is 2. The van der Waals surface area contributed by atoms with Crippen molar-refractivity contribution in [3.8, 4) is 0 Å². The first-order valence-corrected chi connectivity index (χ1v) is 7.10. The molecule has 1 aromatic rings. The van der Waals surface area contributed by atoms with Gasteiger partial charge in [0, 0.05) is 13.6 Å². The van der Waals surface area contributed by atoms with Crippen molar-refractivity contribution in [2.75, 3.05) is 13.6 Å². The molecule has 1 aliphatic rings. The molecule has 1 saturated carbocycles. The molecule has 0 bridgehead atoms. The average molecular weight is 296 g/mol. The monoisotopic (exact) mass is 296 g/mol. The third-order valence-electron chi connectivity index (χ3n) is 3.67. The van der Waals surface area contributed by atoms with Gasteiger partial charge < -0.3 is 10.0 Å². The van der Waals surface area contributed by atoms with Crippen LogP contribution in [0.1, 0.15) is 42.4 Å². The minimum Gasteiger partial charge on any atom is -0.391 e. The van der Waals surface area contributed by atoms with Crippen LogP contribution in [0, 0.1) is 16.0 Å². The fourth-order valence-electron chi connectivity index (χ4n) is 2.32. The van der Waals surface area contributed by atoms with Gasteiger partial charge in [0.2, 0.25) is 5.69 Å². The smallest absolute Gasteiger partial charge is 0.322 e. The average Bonchev–Trinajstić information content (AvgIpc) is 3.19. The summed E-state index contributed by atoms with van der Waals surface area (Å²) in [5, 5.41) is 27.4. The summed E-state index contributed by atoms with van der Waals surface area (Å²) in [5.74, 6) is -0.301. The van der Waals surface area contributed by atoms with Crippen molar-refractivity contribution in [2.24, 2.45) is 5.92 Å². The van der Waals surface area contributed by atoms with Gasteiger partial charge in [0.05, 0.1) is 11.0 Å². The number of aliphatic hydroxyl groups excluding tert-OH is 1. The predicted octanol–water partition coefficient (Wildman–Crippen LogP) is 1.11. The van der Waals surface area contributed by atoms with Crippen LogP contribution in [0.5, 0.6) is 0 Å². The molecular formula is C13H20N4O4. The zero-order valence-corrected chi connectivity index (χ0v) is 12.2. The lowest BCUT2D eigenvalue weighted by molar-refractivity contribution is -0.385. The summed E-state index contributed by atoms with van der Waals surface area (Å²) >= 11 is 0. The number of aryl methyl sites for hydroxylation is 1. The Morgan fingerprint density at radius 1 is 1.62 bits per heavy atom. The number of hydrogen-bond acceptors (Lipinski definition) is 5. The number of carbonyl (C=O) groups is 1. The lowest BCUT2D eigenvalue weighted by Gasteiger charge is -2.19. The molecule has 1 amide bonds. The van der Waals surface area contributed by atoms with Crippen molar-refractivity contribution in [1.82, 2.24) is 15.1 Å². The molecule has 2 rings (SSSR count). The molecule has 1 unspecified atom stereocenters. The molecule has 0 aromatic carbocycles. The van der Waals surface area contributed by atoms with Crippen molar-refractivity contribution in [2.45, 2.75) is 38.7 Å². The maximum absolute atomic E-state index is 12.3. The van der Waals surface area contributed by atoms with Gasteiger partial charge in [-0.15, -0.1) is 0 Å². The molecule has 1 aliphatic carbocycles. The number of rotatable bonds is 7. The molecule has 0 aliphatic heterocycles. The Hall–Kier alpha value is -1.96. The van der Waals surface area contributed by atoms with Gasteiger partial charge >= 0.3 is 5.69 Å². The van der Waals surface area contributed by atoms with Crippen LogP contribution in [-0.2, 0) is 6.42 Å². The molecular weight excluding hydrogens is 276 g/mol. The Bertz CT molecular complexity index is 538. The third kappa shape index (κ3) is 3.38. The van der Waals surface area contributed by atoms with E-state index in [4.69, 9.17) is 0 Å². The van der Waals surface area contributed by atoms with E-state index in [-0.39, 0.29) is 23.8 Å². The van der Waals surface area contributed by atoms with Crippen LogP contribution in [0.2, 0.25) is 0 Å². The number of H-pyrrole nitrogens is 1. The highest BCUT2D eigenvalue weighted by molar-refractivity contribution is 5.96. The van der Waals surface area contributed by atoms with Gasteiger partial charge in [0.1, 0.15) is 5.69 Å². The fourth-order valence-corrected chi connectivity index (χ4v) is 2.32. The van der Waals surface area contributed by atoms with Crippen molar-refractivity contribution >= 4 is 11.6 Å². The van der Waals surface area contributed by atoms with Crippen LogP contribution < -0.4 is 0 Å². The largest absolute Gasteiger partial charge is 0.391 e. The number of carbonyl (C=O) groups excluding carboxylic acids is 1. The minimum absolute atomic E-state index is 0.163. The van der Waals surface area contributed by atoms with Gasteiger partial charge in [-0.2, -0.15) is 5.10 Å². The Morgan fingerprint density at radius 3 is 2.81 bits per heavy atom. The topological polar surface area (TPSA) is 112 Å². The van der Waals surface area contributed by atoms with Crippen LogP contribution >= 0.6 is 0 Å². The Morgan fingerprint density at radius 2 is 2.29 bits per heavy atom. The standard InChI is InChI=1S/C13H20N4O4/c1-3-4-9-12(17(20)21)11(15-14-9)13(19)16(2)7-10(18)8-5-6-8/h8,10,18H,3-7H2,1-2H3,(H,14,15). The second-order valence-electron chi connectivity index (χ2n) is 5.50. The number of aromatic amines is 1. The van der Waals surface area contributed by atoms with E-state index in [0.29, 0.717) is 18.5 Å². The molecule has 0 radical (unpaired) electrons. The first kappa shape index (κ1) is 15.4. The van der Waals surface area contributed by atoms with E-state index in [0.717, 1.165) is 12.8 Å². The molecule has 1 atom stereocenters. The quantitative estimate of drug-likeness (QED) is 0.578. The van der Waals surface area contributed by atoms with E-state index < -0.39 is 16.9 Å². The number of nitrogens with one attached hydrogen (secondary N) is 1. The van der Waals surface area contributed by atoms with Crippen molar-refractivity contribution < 1.29 is 14.8 Å². The predicted molar refractivity (Wildman–Crippen MR) is 74.9 cm³/mol. The van der Waals surface area contributed by atoms with Crippen LogP contribution in [0.25, 0.3) is 0 Å². The summed E-state index contributed by atoms with van der Waals surface area (Å²) < 4.78 is 0. The summed E-state index contributed by atoms with van der Waals surface area (Å²) in [6, 6.07) is 0. The summed E-state index contributed by atoms with van der Waals surface area (Å²) in [7, 11) is 1.52. The second kappa shape index (κ2) is 6.21. The molecule has 1 heterocycles. The maximum atomic E-state index is 12.3. The molecule has 0 saturated heterocycles. The van der Waals surface area contributed by atoms with E-state index in [1.807, 2.05) is 6.92 Å². The normalized spacial score (nSPS) is 15.8. The van der Waals surface area contributed by atoms with Gasteiger partial charge in [-0.1, -0.05) is 13.3 Å². The molecule has 8 heteroatoms. The van der Waals surface area contributed by atoms with Crippen LogP contribution in [0.3, 0.4) is 0 Å². The van der Waals surface area contributed by atoms with Gasteiger partial charge in [0.15, 0.2) is 0 Å². The minimum atomic E-state index is -0.577. The van der Waals surface area contributed by atoms with Crippen LogP contribution in [0.15, 0.2) is 0 Å². The van der Waals surface area contributed by atoms with E-state index in [1.165, 1.54) is 11.9 Å². The summed E-state index contributed by atoms with van der Waals surface area (Å²) in [6.07, 6.45) is 2.53. The van der Waals surface area contributed by atoms with E-state index in [2.05, 4.69) is 10.2 Å². The maximum Gasteiger partial charge on any atom is 0.322 e. The van der Waals surface area contributed by atoms with E-state index in [1.54, 1.807) is 0 Å². The highest BCUT2D eigenvalue weighted by Crippen LogP contribution is 2.33. The zero-order chi connectivity index (χ0) is 15.6. The first-order valence-electron chi connectivity index (χ1n) is 7.10. The number of nitro groups is 1. The molecule has 2 N–H and O–H groups in total. The van der Waals surface area contributed by atoms with E-state index in [9.17, 15) is 20.0 Å². The molecule has 21 heavy (non-hydrogen) atoms. The molecule has 0 spiro atoms. The van der Waals surface area contributed by atoms with E-state index >= 15 is 0 Å². The molecule has 116 valence electrons. The number of likely N-dealkylation sites (N-methyl/N-ethyl adjacent to an activating group) is 1. The molecule has 8 nitrogen and oxygen atoms in total. The lowest BCUT2D eigenvalue weighted by atomic mass is 10.2. The summed E-state index contributed by atoms with van der Waals surface area (Å²) in [4.78, 5) is 24.2. The summed E-state index contributed by atoms with van der Waals surface area (Å²) in [5.41, 5.74) is -0.0782. The van der Waals surface area contributed by atoms with Gasteiger partial charge in [-0.25, -0.2) is 0 Å². The summed E-state index contributed by atoms with van der Waals surface area (Å²) in [6.45, 7) is 2.06. The Labute approximate surface area is 122 Å². The first-order chi connectivity index (χ1) is 9.95. The molecule has 1 fully saturated rings. The van der Waals surface area contributed by atoms with Crippen molar-refractivity contribution in [3.05, 3.63) is 21.5 Å². The lowest BCUT2D eigenvalue weighted by Crippen LogP contribution is -2.35. The van der Waals surface area contributed by atoms with Crippen LogP contribution in [0.4, 0.5) is 5.69 Å².